The zero-order valence-electron chi connectivity index (χ0n) is 18.6. The zero-order chi connectivity index (χ0) is 22.4. The van der Waals surface area contributed by atoms with Crippen LogP contribution in [0.25, 0.3) is 0 Å². The van der Waals surface area contributed by atoms with Crippen molar-refractivity contribution in [3.63, 3.8) is 0 Å². The molecule has 0 unspecified atom stereocenters. The monoisotopic (exact) mass is 442 g/mol. The van der Waals surface area contributed by atoms with Crippen LogP contribution in [0.15, 0.2) is 109 Å². The van der Waals surface area contributed by atoms with Crippen molar-refractivity contribution in [1.29, 1.82) is 0 Å². The fourth-order valence-electron chi connectivity index (χ4n) is 4.04. The van der Waals surface area contributed by atoms with E-state index in [1.54, 1.807) is 21.3 Å². The average Bonchev–Trinajstić information content (AvgIpc) is 2.88. The predicted octanol–water partition coefficient (Wildman–Crippen LogP) is 4.95. The first-order chi connectivity index (χ1) is 15.7. The maximum absolute atomic E-state index is 5.97. The minimum Gasteiger partial charge on any atom is -0.496 e. The van der Waals surface area contributed by atoms with Crippen LogP contribution in [0.3, 0.4) is 0 Å². The number of methoxy groups -OCH3 is 3. The number of rotatable bonds is 8. The summed E-state index contributed by atoms with van der Waals surface area (Å²) >= 11 is 0. The largest absolute Gasteiger partial charge is 0.496 e. The van der Waals surface area contributed by atoms with Gasteiger partial charge < -0.3 is 14.2 Å². The van der Waals surface area contributed by atoms with Crippen LogP contribution in [0.1, 0.15) is 11.1 Å². The summed E-state index contributed by atoms with van der Waals surface area (Å²) in [5.41, 5.74) is 1.74. The molecule has 0 radical (unpaired) electrons. The van der Waals surface area contributed by atoms with Crippen LogP contribution in [0.2, 0.25) is 0 Å². The maximum Gasteiger partial charge on any atom is 0.225 e. The average molecular weight is 442 g/mol. The molecular formula is C28H27O3P. The molecule has 0 amide bonds. The molecule has 4 aromatic carbocycles. The maximum atomic E-state index is 5.97. The second-order valence-electron chi connectivity index (χ2n) is 7.28. The lowest BCUT2D eigenvalue weighted by Crippen LogP contribution is -2.33. The molecule has 0 aromatic heterocycles. The molecule has 4 aromatic rings. The van der Waals surface area contributed by atoms with Crippen molar-refractivity contribution >= 4 is 23.8 Å². The van der Waals surface area contributed by atoms with Crippen molar-refractivity contribution in [2.24, 2.45) is 0 Å². The second kappa shape index (κ2) is 10.1. The van der Waals surface area contributed by atoms with E-state index in [1.165, 1.54) is 15.9 Å². The third-order valence-electron chi connectivity index (χ3n) is 5.57. The molecule has 0 aliphatic carbocycles. The van der Waals surface area contributed by atoms with Gasteiger partial charge in [0.05, 0.1) is 12.7 Å². The number of hydrogen-bond donors (Lipinski definition) is 0. The van der Waals surface area contributed by atoms with Gasteiger partial charge in [-0.05, 0) is 36.0 Å². The molecule has 0 heterocycles. The zero-order valence-corrected chi connectivity index (χ0v) is 19.5. The van der Waals surface area contributed by atoms with Crippen molar-refractivity contribution in [3.05, 3.63) is 120 Å². The minimum absolute atomic E-state index is 0.673. The summed E-state index contributed by atoms with van der Waals surface area (Å²) in [4.78, 5) is 0. The lowest BCUT2D eigenvalue weighted by Gasteiger charge is -2.33. The Morgan fingerprint density at radius 1 is 0.531 bits per heavy atom. The summed E-state index contributed by atoms with van der Waals surface area (Å²) in [6, 6.07) is 37.7. The number of ether oxygens (including phenoxy) is 3. The highest BCUT2D eigenvalue weighted by atomic mass is 31.1. The second-order valence-corrected chi connectivity index (χ2v) is 9.50. The Balaban J connectivity index is 1.79. The van der Waals surface area contributed by atoms with Crippen LogP contribution < -0.4 is 20.7 Å². The number of hydrogen-bond acceptors (Lipinski definition) is 3. The fraction of sp³-hybridized carbons (Fsp3) is 0.143. The van der Waals surface area contributed by atoms with Crippen LogP contribution in [-0.2, 0) is 15.3 Å². The Labute approximate surface area is 191 Å². The summed E-state index contributed by atoms with van der Waals surface area (Å²) in [7, 11) is 4.30. The van der Waals surface area contributed by atoms with Gasteiger partial charge in [-0.3, -0.25) is 0 Å². The molecule has 0 saturated heterocycles. The fourth-order valence-corrected chi connectivity index (χ4v) is 6.32. The quantitative estimate of drug-likeness (QED) is 0.286. The van der Waals surface area contributed by atoms with Gasteiger partial charge in [-0.1, -0.05) is 97.1 Å². The van der Waals surface area contributed by atoms with Gasteiger partial charge in [0.15, 0.2) is 0 Å². The van der Waals surface area contributed by atoms with Crippen molar-refractivity contribution < 1.29 is 14.2 Å². The SMILES string of the molecule is COc1ccccc1C(OC)(OC)c1ccc(P(c2ccccc2)c2ccccc2)cc1. The molecule has 0 spiro atoms. The van der Waals surface area contributed by atoms with Gasteiger partial charge >= 0.3 is 0 Å². The Hall–Kier alpha value is -2.97. The van der Waals surface area contributed by atoms with Crippen molar-refractivity contribution in [2.75, 3.05) is 21.3 Å². The van der Waals surface area contributed by atoms with E-state index in [4.69, 9.17) is 14.2 Å². The standard InChI is InChI=1S/C28H27O3P/c1-29-27-17-11-10-16-26(27)28(30-2,31-3)22-18-20-25(21-19-22)32(23-12-6-4-7-13-23)24-14-8-5-9-15-24/h4-21H,1-3H3. The summed E-state index contributed by atoms with van der Waals surface area (Å²) in [6.07, 6.45) is 0. The van der Waals surface area contributed by atoms with Crippen molar-refractivity contribution in [1.82, 2.24) is 0 Å². The smallest absolute Gasteiger partial charge is 0.225 e. The summed E-state index contributed by atoms with van der Waals surface area (Å²) in [5.74, 6) is -0.344. The van der Waals surface area contributed by atoms with E-state index >= 15 is 0 Å². The first kappa shape index (κ1) is 22.2. The van der Waals surface area contributed by atoms with Gasteiger partial charge in [-0.15, -0.1) is 0 Å². The molecule has 0 aliphatic heterocycles. The molecule has 162 valence electrons. The molecule has 4 heteroatoms. The third-order valence-corrected chi connectivity index (χ3v) is 8.01. The normalized spacial score (nSPS) is 11.5. The summed E-state index contributed by atoms with van der Waals surface area (Å²) in [5, 5.41) is 3.90. The van der Waals surface area contributed by atoms with Gasteiger partial charge in [-0.25, -0.2) is 0 Å². The Bertz CT molecular complexity index is 1080. The predicted molar refractivity (Wildman–Crippen MR) is 133 cm³/mol. The van der Waals surface area contributed by atoms with Gasteiger partial charge in [0.25, 0.3) is 0 Å². The highest BCUT2D eigenvalue weighted by molar-refractivity contribution is 7.79. The van der Waals surface area contributed by atoms with E-state index in [9.17, 15) is 0 Å². The number of para-hydroxylation sites is 1. The first-order valence-corrected chi connectivity index (χ1v) is 11.8. The van der Waals surface area contributed by atoms with Crippen LogP contribution in [-0.4, -0.2) is 21.3 Å². The molecule has 32 heavy (non-hydrogen) atoms. The Morgan fingerprint density at radius 3 is 1.50 bits per heavy atom. The molecule has 0 bridgehead atoms. The Morgan fingerprint density at radius 2 is 1.00 bits per heavy atom. The molecule has 0 atom stereocenters. The van der Waals surface area contributed by atoms with Crippen molar-refractivity contribution in [2.45, 2.75) is 5.79 Å². The van der Waals surface area contributed by atoms with Crippen LogP contribution in [0.4, 0.5) is 0 Å². The van der Waals surface area contributed by atoms with E-state index in [0.717, 1.165) is 16.9 Å². The number of benzene rings is 4. The topological polar surface area (TPSA) is 27.7 Å². The first-order valence-electron chi connectivity index (χ1n) is 10.5. The minimum atomic E-state index is -1.06. The van der Waals surface area contributed by atoms with E-state index in [2.05, 4.69) is 84.9 Å². The molecule has 4 rings (SSSR count). The van der Waals surface area contributed by atoms with Gasteiger partial charge in [0.2, 0.25) is 5.79 Å². The van der Waals surface area contributed by atoms with E-state index < -0.39 is 13.7 Å². The van der Waals surface area contributed by atoms with E-state index in [0.29, 0.717) is 0 Å². The summed E-state index contributed by atoms with van der Waals surface area (Å²) < 4.78 is 17.5. The molecule has 0 fully saturated rings. The van der Waals surface area contributed by atoms with Gasteiger partial charge in [0.1, 0.15) is 5.75 Å². The Kier molecular flexibility index (Phi) is 7.02. The molecular weight excluding hydrogens is 415 g/mol. The van der Waals surface area contributed by atoms with Crippen LogP contribution in [0, 0.1) is 0 Å². The van der Waals surface area contributed by atoms with Crippen LogP contribution >= 0.6 is 7.92 Å². The highest BCUT2D eigenvalue weighted by Crippen LogP contribution is 2.40. The molecule has 3 nitrogen and oxygen atoms in total. The van der Waals surface area contributed by atoms with Gasteiger partial charge in [-0.2, -0.15) is 0 Å². The third kappa shape index (κ3) is 4.20. The molecule has 0 saturated carbocycles. The van der Waals surface area contributed by atoms with Crippen LogP contribution in [0.5, 0.6) is 5.75 Å². The molecule has 0 N–H and O–H groups in total. The lowest BCUT2D eigenvalue weighted by molar-refractivity contribution is -0.184. The van der Waals surface area contributed by atoms with Gasteiger partial charge in [0, 0.05) is 19.8 Å². The van der Waals surface area contributed by atoms with Crippen molar-refractivity contribution in [3.8, 4) is 5.75 Å². The summed E-state index contributed by atoms with van der Waals surface area (Å²) in [6.45, 7) is 0. The lowest BCUT2D eigenvalue weighted by atomic mass is 9.96. The molecule has 0 aliphatic rings. The van der Waals surface area contributed by atoms with E-state index in [1.807, 2.05) is 24.3 Å². The highest BCUT2D eigenvalue weighted by Gasteiger charge is 2.37. The van der Waals surface area contributed by atoms with E-state index in [-0.39, 0.29) is 0 Å².